The molecular formula is C27H28N2O4S. The Morgan fingerprint density at radius 1 is 1.09 bits per heavy atom. The maximum Gasteiger partial charge on any atom is 0.228 e. The number of aryl methyl sites for hydroxylation is 1. The first-order chi connectivity index (χ1) is 16.1. The van der Waals surface area contributed by atoms with Crippen molar-refractivity contribution in [1.29, 1.82) is 0 Å². The van der Waals surface area contributed by atoms with E-state index >= 15 is 0 Å². The molecule has 0 spiro atoms. The van der Waals surface area contributed by atoms with Crippen LogP contribution < -0.4 is 5.32 Å². The Kier molecular flexibility index (Phi) is 5.55. The molecule has 1 saturated carbocycles. The summed E-state index contributed by atoms with van der Waals surface area (Å²) in [5.41, 5.74) is 3.09. The lowest BCUT2D eigenvalue weighted by Crippen LogP contribution is -2.22. The summed E-state index contributed by atoms with van der Waals surface area (Å²) >= 11 is 0. The van der Waals surface area contributed by atoms with Crippen molar-refractivity contribution >= 4 is 38.1 Å². The van der Waals surface area contributed by atoms with Gasteiger partial charge in [-0.05, 0) is 71.9 Å². The number of carbonyl (C=O) groups excluding carboxylic acids is 2. The third-order valence-electron chi connectivity index (χ3n) is 6.96. The fourth-order valence-corrected chi connectivity index (χ4v) is 7.02. The largest absolute Gasteiger partial charge is 0.310 e. The van der Waals surface area contributed by atoms with Crippen LogP contribution in [0.2, 0.25) is 0 Å². The van der Waals surface area contributed by atoms with Gasteiger partial charge in [-0.15, -0.1) is 0 Å². The number of benzene rings is 2. The molecule has 1 unspecified atom stereocenters. The molecule has 2 aromatic carbocycles. The Morgan fingerprint density at radius 3 is 2.59 bits per heavy atom. The van der Waals surface area contributed by atoms with E-state index in [1.54, 1.807) is 6.20 Å². The van der Waals surface area contributed by atoms with E-state index in [2.05, 4.69) is 10.3 Å². The van der Waals surface area contributed by atoms with Crippen LogP contribution in [0.25, 0.3) is 21.9 Å². The smallest absolute Gasteiger partial charge is 0.228 e. The summed E-state index contributed by atoms with van der Waals surface area (Å²) in [5, 5.41) is 4.81. The van der Waals surface area contributed by atoms with E-state index in [0.29, 0.717) is 17.8 Å². The third kappa shape index (κ3) is 4.75. The number of sulfone groups is 1. The van der Waals surface area contributed by atoms with Gasteiger partial charge in [0.1, 0.15) is 5.82 Å². The lowest BCUT2D eigenvalue weighted by Gasteiger charge is -2.21. The maximum atomic E-state index is 13.1. The second-order valence-corrected chi connectivity index (χ2v) is 12.4. The number of nitrogens with zero attached hydrogens (tertiary/aromatic N) is 1. The summed E-state index contributed by atoms with van der Waals surface area (Å²) in [6, 6.07) is 13.6. The number of hydrogen-bond acceptors (Lipinski definition) is 5. The number of aromatic nitrogens is 1. The predicted molar refractivity (Wildman–Crippen MR) is 134 cm³/mol. The Balaban J connectivity index is 1.39. The zero-order valence-corrected chi connectivity index (χ0v) is 20.2. The molecule has 34 heavy (non-hydrogen) atoms. The molecular weight excluding hydrogens is 448 g/mol. The number of nitrogens with one attached hydrogen (secondary N) is 1. The van der Waals surface area contributed by atoms with Gasteiger partial charge in [0.05, 0.1) is 11.5 Å². The highest BCUT2D eigenvalue weighted by atomic mass is 32.2. The van der Waals surface area contributed by atoms with E-state index in [1.165, 1.54) is 0 Å². The van der Waals surface area contributed by atoms with Gasteiger partial charge >= 0.3 is 0 Å². The molecule has 1 amide bonds. The monoisotopic (exact) mass is 476 g/mol. The number of rotatable bonds is 6. The Morgan fingerprint density at radius 2 is 1.88 bits per heavy atom. The third-order valence-corrected chi connectivity index (χ3v) is 8.93. The Bertz CT molecular complexity index is 1430. The van der Waals surface area contributed by atoms with E-state index in [0.717, 1.165) is 40.3 Å². The number of anilines is 1. The van der Waals surface area contributed by atoms with Crippen molar-refractivity contribution in [2.45, 2.75) is 39.5 Å². The molecule has 5 rings (SSSR count). The van der Waals surface area contributed by atoms with Crippen LogP contribution in [-0.4, -0.2) is 36.6 Å². The Labute approximate surface area is 199 Å². The molecule has 1 aliphatic heterocycles. The first kappa shape index (κ1) is 22.7. The van der Waals surface area contributed by atoms with Crippen LogP contribution in [0.1, 0.15) is 48.5 Å². The molecule has 1 aromatic heterocycles. The van der Waals surface area contributed by atoms with Crippen molar-refractivity contribution in [3.63, 3.8) is 0 Å². The second kappa shape index (κ2) is 8.31. The molecule has 0 bridgehead atoms. The average Bonchev–Trinajstić information content (AvgIpc) is 3.59. The predicted octanol–water partition coefficient (Wildman–Crippen LogP) is 4.96. The highest BCUT2D eigenvalue weighted by Crippen LogP contribution is 2.37. The molecule has 176 valence electrons. The number of Topliss-reactive ketones (excluding diaryl/α,β-unsaturated/α-hetero) is 1. The van der Waals surface area contributed by atoms with Gasteiger partial charge in [-0.2, -0.15) is 0 Å². The molecule has 1 saturated heterocycles. The number of amides is 1. The molecule has 1 N–H and O–H groups in total. The first-order valence-corrected chi connectivity index (χ1v) is 13.5. The fraction of sp³-hybridized carbons (Fsp3) is 0.370. The van der Waals surface area contributed by atoms with Gasteiger partial charge < -0.3 is 5.32 Å². The van der Waals surface area contributed by atoms with E-state index in [9.17, 15) is 18.0 Å². The summed E-state index contributed by atoms with van der Waals surface area (Å²) in [7, 11) is -3.05. The van der Waals surface area contributed by atoms with Gasteiger partial charge in [0.25, 0.3) is 0 Å². The summed E-state index contributed by atoms with van der Waals surface area (Å²) in [5.74, 6) is 0.920. The number of carbonyl (C=O) groups is 2. The quantitative estimate of drug-likeness (QED) is 0.508. The lowest BCUT2D eigenvalue weighted by atomic mass is 9.82. The zero-order valence-electron chi connectivity index (χ0n) is 19.4. The summed E-state index contributed by atoms with van der Waals surface area (Å²) in [4.78, 5) is 29.5. The van der Waals surface area contributed by atoms with Crippen molar-refractivity contribution in [2.24, 2.45) is 11.3 Å². The fourth-order valence-electron chi connectivity index (χ4n) is 4.76. The number of hydrogen-bond donors (Lipinski definition) is 1. The summed E-state index contributed by atoms with van der Waals surface area (Å²) < 4.78 is 23.8. The van der Waals surface area contributed by atoms with Crippen LogP contribution in [0.4, 0.5) is 5.82 Å². The zero-order chi connectivity index (χ0) is 24.1. The van der Waals surface area contributed by atoms with Gasteiger partial charge in [0.2, 0.25) is 5.91 Å². The van der Waals surface area contributed by atoms with Crippen molar-refractivity contribution in [1.82, 2.24) is 4.98 Å². The lowest BCUT2D eigenvalue weighted by molar-refractivity contribution is -0.117. The van der Waals surface area contributed by atoms with Crippen molar-refractivity contribution in [3.8, 4) is 11.1 Å². The van der Waals surface area contributed by atoms with Crippen LogP contribution >= 0.6 is 0 Å². The van der Waals surface area contributed by atoms with Gasteiger partial charge in [-0.3, -0.25) is 9.59 Å². The molecule has 2 aliphatic rings. The van der Waals surface area contributed by atoms with Gasteiger partial charge in [-0.1, -0.05) is 31.2 Å². The van der Waals surface area contributed by atoms with E-state index in [1.807, 2.05) is 56.3 Å². The molecule has 3 aromatic rings. The van der Waals surface area contributed by atoms with Crippen LogP contribution in [0, 0.1) is 18.3 Å². The van der Waals surface area contributed by atoms with E-state index in [4.69, 9.17) is 0 Å². The minimum absolute atomic E-state index is 0.0284. The molecule has 2 heterocycles. The minimum Gasteiger partial charge on any atom is -0.310 e. The molecule has 6 nitrogen and oxygen atoms in total. The second-order valence-electron chi connectivity index (χ2n) is 10.2. The Hall–Kier alpha value is -3.06. The topological polar surface area (TPSA) is 93.2 Å². The minimum atomic E-state index is -3.05. The van der Waals surface area contributed by atoms with Crippen molar-refractivity contribution < 1.29 is 18.0 Å². The molecule has 1 aliphatic carbocycles. The summed E-state index contributed by atoms with van der Waals surface area (Å²) in [6.07, 6.45) is 4.41. The van der Waals surface area contributed by atoms with Crippen molar-refractivity contribution in [3.05, 3.63) is 59.8 Å². The molecule has 2 fully saturated rings. The number of fused-ring (bicyclic) bond motifs is 1. The molecule has 1 atom stereocenters. The number of pyridine rings is 1. The van der Waals surface area contributed by atoms with Crippen molar-refractivity contribution in [2.75, 3.05) is 16.8 Å². The van der Waals surface area contributed by atoms with E-state index < -0.39 is 15.3 Å². The van der Waals surface area contributed by atoms with Crippen LogP contribution in [0.5, 0.6) is 0 Å². The maximum absolute atomic E-state index is 13.1. The standard InChI is InChI=1S/C27H28N2O4S/c1-17-3-4-21(24(30)14-27(2)9-10-34(32,33)16-27)12-23(17)20-8-7-19-13-25(28-15-22(19)11-20)29-26(31)18-5-6-18/h3-4,7-8,11-13,15,18H,5-6,9-10,14,16H2,1-2H3,(H,28,29,31). The first-order valence-electron chi connectivity index (χ1n) is 11.7. The molecule has 7 heteroatoms. The van der Waals surface area contributed by atoms with Crippen LogP contribution in [-0.2, 0) is 14.6 Å². The van der Waals surface area contributed by atoms with Gasteiger partial charge in [-0.25, -0.2) is 13.4 Å². The highest BCUT2D eigenvalue weighted by Gasteiger charge is 2.39. The highest BCUT2D eigenvalue weighted by molar-refractivity contribution is 7.91. The van der Waals surface area contributed by atoms with Gasteiger partial charge in [0.15, 0.2) is 15.6 Å². The average molecular weight is 477 g/mol. The normalized spacial score (nSPS) is 21.5. The van der Waals surface area contributed by atoms with Crippen LogP contribution in [0.15, 0.2) is 48.7 Å². The van der Waals surface area contributed by atoms with Crippen LogP contribution in [0.3, 0.4) is 0 Å². The molecule has 0 radical (unpaired) electrons. The van der Waals surface area contributed by atoms with Gasteiger partial charge in [0, 0.05) is 29.5 Å². The SMILES string of the molecule is Cc1ccc(C(=O)CC2(C)CCS(=O)(=O)C2)cc1-c1ccc2cc(NC(=O)C3CC3)ncc2c1. The number of ketones is 1. The summed E-state index contributed by atoms with van der Waals surface area (Å²) in [6.45, 7) is 3.90. The van der Waals surface area contributed by atoms with E-state index in [-0.39, 0.29) is 35.5 Å².